The van der Waals surface area contributed by atoms with Crippen LogP contribution >= 0.6 is 0 Å². The molecule has 0 unspecified atom stereocenters. The number of carbonyl (C=O) groups excluding carboxylic acids is 2. The topological polar surface area (TPSA) is 102 Å². The molecule has 154 valence electrons. The maximum Gasteiger partial charge on any atom is 0.253 e. The van der Waals surface area contributed by atoms with E-state index in [4.69, 9.17) is 4.74 Å². The van der Waals surface area contributed by atoms with Crippen LogP contribution in [0.5, 0.6) is 0 Å². The Balaban J connectivity index is 1.65. The van der Waals surface area contributed by atoms with E-state index >= 15 is 0 Å². The number of anilines is 1. The quantitative estimate of drug-likeness (QED) is 0.721. The second-order valence-electron chi connectivity index (χ2n) is 7.01. The number of para-hydroxylation sites is 1. The predicted molar refractivity (Wildman–Crippen MR) is 110 cm³/mol. The maximum atomic E-state index is 12.5. The molecule has 2 amide bonds. The van der Waals surface area contributed by atoms with Crippen molar-refractivity contribution in [1.29, 1.82) is 0 Å². The van der Waals surface area contributed by atoms with Crippen LogP contribution < -0.4 is 10.6 Å². The minimum absolute atomic E-state index is 0.000329. The lowest BCUT2D eigenvalue weighted by atomic mass is 10.1. The molecule has 2 aromatic carbocycles. The molecule has 2 aromatic rings. The summed E-state index contributed by atoms with van der Waals surface area (Å²) in [5.74, 6) is -1.76. The van der Waals surface area contributed by atoms with Gasteiger partial charge in [-0.15, -0.1) is 0 Å². The molecule has 29 heavy (non-hydrogen) atoms. The minimum Gasteiger partial charge on any atom is -0.376 e. The number of aryl methyl sites for hydroxylation is 1. The van der Waals surface area contributed by atoms with E-state index in [1.54, 1.807) is 36.4 Å². The third kappa shape index (κ3) is 5.65. The molecule has 7 nitrogen and oxygen atoms in total. The first-order valence-electron chi connectivity index (χ1n) is 9.43. The van der Waals surface area contributed by atoms with Gasteiger partial charge >= 0.3 is 0 Å². The highest BCUT2D eigenvalue weighted by Gasteiger charge is 2.22. The molecule has 0 aliphatic carbocycles. The molecule has 0 saturated carbocycles. The second-order valence-corrected chi connectivity index (χ2v) is 9.00. The Morgan fingerprint density at radius 1 is 1.10 bits per heavy atom. The van der Waals surface area contributed by atoms with Crippen LogP contribution in [0.15, 0.2) is 53.4 Å². The Labute approximate surface area is 170 Å². The van der Waals surface area contributed by atoms with Gasteiger partial charge in [0.05, 0.1) is 22.3 Å². The molecule has 1 saturated heterocycles. The molecule has 0 spiro atoms. The summed E-state index contributed by atoms with van der Waals surface area (Å²) < 4.78 is 30.4. The number of benzene rings is 2. The number of rotatable bonds is 7. The monoisotopic (exact) mass is 416 g/mol. The molecular formula is C21H24N2O5S. The highest BCUT2D eigenvalue weighted by atomic mass is 32.2. The number of hydrogen-bond acceptors (Lipinski definition) is 5. The van der Waals surface area contributed by atoms with Crippen molar-refractivity contribution < 1.29 is 22.7 Å². The van der Waals surface area contributed by atoms with Crippen molar-refractivity contribution >= 4 is 27.3 Å². The number of amides is 2. The maximum absolute atomic E-state index is 12.5. The van der Waals surface area contributed by atoms with Gasteiger partial charge in [-0.25, -0.2) is 8.42 Å². The molecule has 1 aliphatic rings. The molecule has 3 rings (SSSR count). The fourth-order valence-corrected chi connectivity index (χ4v) is 4.22. The average molecular weight is 416 g/mol. The molecule has 1 fully saturated rings. The Bertz CT molecular complexity index is 980. The van der Waals surface area contributed by atoms with Crippen LogP contribution in [-0.4, -0.2) is 45.2 Å². The van der Waals surface area contributed by atoms with Crippen molar-refractivity contribution in [3.63, 3.8) is 0 Å². The van der Waals surface area contributed by atoms with Gasteiger partial charge in [0.25, 0.3) is 5.91 Å². The van der Waals surface area contributed by atoms with Crippen molar-refractivity contribution in [2.45, 2.75) is 30.8 Å². The standard InChI is InChI=1S/C21H24N2O5S/c1-15-8-10-17(11-9-15)29(26,27)14-20(24)23-19-7-3-2-6-18(19)21(25)22-13-16-5-4-12-28-16/h2-3,6-11,16H,4-5,12-14H2,1H3,(H,22,25)(H,23,24)/t16-/m0/s1. The molecule has 8 heteroatoms. The van der Waals surface area contributed by atoms with Crippen molar-refractivity contribution in [2.75, 3.05) is 24.2 Å². The largest absolute Gasteiger partial charge is 0.376 e. The van der Waals surface area contributed by atoms with Crippen LogP contribution in [0.2, 0.25) is 0 Å². The summed E-state index contributed by atoms with van der Waals surface area (Å²) in [7, 11) is -3.78. The molecule has 1 atom stereocenters. The fourth-order valence-electron chi connectivity index (χ4n) is 3.09. The summed E-state index contributed by atoms with van der Waals surface area (Å²) >= 11 is 0. The highest BCUT2D eigenvalue weighted by molar-refractivity contribution is 7.92. The smallest absolute Gasteiger partial charge is 0.253 e. The molecule has 1 aliphatic heterocycles. The van der Waals surface area contributed by atoms with E-state index in [1.165, 1.54) is 12.1 Å². The summed E-state index contributed by atoms with van der Waals surface area (Å²) in [5.41, 5.74) is 1.46. The van der Waals surface area contributed by atoms with Crippen LogP contribution in [0.3, 0.4) is 0 Å². The summed E-state index contributed by atoms with van der Waals surface area (Å²) in [6, 6.07) is 12.8. The van der Waals surface area contributed by atoms with Crippen LogP contribution in [0, 0.1) is 6.92 Å². The van der Waals surface area contributed by atoms with Gasteiger partial charge in [0.2, 0.25) is 5.91 Å². The second kappa shape index (κ2) is 9.19. The summed E-state index contributed by atoms with van der Waals surface area (Å²) in [6.07, 6.45) is 1.87. The first-order valence-corrected chi connectivity index (χ1v) is 11.1. The highest BCUT2D eigenvalue weighted by Crippen LogP contribution is 2.17. The number of ether oxygens (including phenoxy) is 1. The zero-order chi connectivity index (χ0) is 20.9. The minimum atomic E-state index is -3.78. The third-order valence-corrected chi connectivity index (χ3v) is 6.29. The van der Waals surface area contributed by atoms with E-state index in [9.17, 15) is 18.0 Å². The summed E-state index contributed by atoms with van der Waals surface area (Å²) in [5, 5.41) is 5.35. The van der Waals surface area contributed by atoms with Crippen molar-refractivity contribution in [3.05, 3.63) is 59.7 Å². The number of hydrogen-bond donors (Lipinski definition) is 2. The summed E-state index contributed by atoms with van der Waals surface area (Å²) in [6.45, 7) is 2.94. The Hall–Kier alpha value is -2.71. The van der Waals surface area contributed by atoms with E-state index in [2.05, 4.69) is 10.6 Å². The molecule has 0 aromatic heterocycles. The van der Waals surface area contributed by atoms with Gasteiger partial charge in [-0.1, -0.05) is 29.8 Å². The van der Waals surface area contributed by atoms with E-state index < -0.39 is 21.5 Å². The molecule has 2 N–H and O–H groups in total. The van der Waals surface area contributed by atoms with Gasteiger partial charge in [0, 0.05) is 13.2 Å². The first kappa shape index (κ1) is 21.0. The lowest BCUT2D eigenvalue weighted by molar-refractivity contribution is -0.113. The van der Waals surface area contributed by atoms with Crippen molar-refractivity contribution in [1.82, 2.24) is 5.32 Å². The molecular weight excluding hydrogens is 392 g/mol. The zero-order valence-corrected chi connectivity index (χ0v) is 17.0. The van der Waals surface area contributed by atoms with Crippen LogP contribution in [0.4, 0.5) is 5.69 Å². The van der Waals surface area contributed by atoms with Gasteiger partial charge < -0.3 is 15.4 Å². The number of sulfone groups is 1. The predicted octanol–water partition coefficient (Wildman–Crippen LogP) is 2.32. The van der Waals surface area contributed by atoms with Crippen LogP contribution in [0.1, 0.15) is 28.8 Å². The van der Waals surface area contributed by atoms with Crippen molar-refractivity contribution in [3.8, 4) is 0 Å². The average Bonchev–Trinajstić information content (AvgIpc) is 3.20. The number of nitrogens with one attached hydrogen (secondary N) is 2. The van der Waals surface area contributed by atoms with E-state index in [0.29, 0.717) is 13.2 Å². The van der Waals surface area contributed by atoms with Crippen molar-refractivity contribution in [2.24, 2.45) is 0 Å². The van der Waals surface area contributed by atoms with E-state index in [-0.39, 0.29) is 28.2 Å². The molecule has 0 bridgehead atoms. The normalized spacial score (nSPS) is 16.4. The first-order chi connectivity index (χ1) is 13.8. The Morgan fingerprint density at radius 2 is 1.83 bits per heavy atom. The Kier molecular flexibility index (Phi) is 6.66. The fraction of sp³-hybridized carbons (Fsp3) is 0.333. The van der Waals surface area contributed by atoms with Gasteiger partial charge in [-0.2, -0.15) is 0 Å². The molecule has 1 heterocycles. The lowest BCUT2D eigenvalue weighted by Crippen LogP contribution is -2.32. The van der Waals surface area contributed by atoms with Crippen LogP contribution in [0.25, 0.3) is 0 Å². The molecule has 0 radical (unpaired) electrons. The van der Waals surface area contributed by atoms with Gasteiger partial charge in [-0.05, 0) is 44.0 Å². The van der Waals surface area contributed by atoms with E-state index in [0.717, 1.165) is 18.4 Å². The SMILES string of the molecule is Cc1ccc(S(=O)(=O)CC(=O)Nc2ccccc2C(=O)NC[C@@H]2CCCO2)cc1. The number of carbonyl (C=O) groups is 2. The van der Waals surface area contributed by atoms with E-state index in [1.807, 2.05) is 6.92 Å². The lowest BCUT2D eigenvalue weighted by Gasteiger charge is -2.14. The zero-order valence-electron chi connectivity index (χ0n) is 16.2. The third-order valence-electron chi connectivity index (χ3n) is 4.66. The van der Waals surface area contributed by atoms with Crippen LogP contribution in [-0.2, 0) is 19.4 Å². The van der Waals surface area contributed by atoms with Gasteiger partial charge in [0.15, 0.2) is 9.84 Å². The van der Waals surface area contributed by atoms with Gasteiger partial charge in [-0.3, -0.25) is 9.59 Å². The van der Waals surface area contributed by atoms with Gasteiger partial charge in [0.1, 0.15) is 5.75 Å². The summed E-state index contributed by atoms with van der Waals surface area (Å²) in [4.78, 5) is 25.0. The Morgan fingerprint density at radius 3 is 2.52 bits per heavy atom.